The summed E-state index contributed by atoms with van der Waals surface area (Å²) >= 11 is 0. The minimum atomic E-state index is -1.24. The Hall–Kier alpha value is -4.18. The van der Waals surface area contributed by atoms with E-state index in [1.807, 2.05) is 0 Å². The summed E-state index contributed by atoms with van der Waals surface area (Å²) in [7, 11) is 0. The molecule has 1 unspecified atom stereocenters. The van der Waals surface area contributed by atoms with Crippen molar-refractivity contribution in [3.63, 3.8) is 0 Å². The highest BCUT2D eigenvalue weighted by molar-refractivity contribution is 5.99. The quantitative estimate of drug-likeness (QED) is 0.324. The van der Waals surface area contributed by atoms with Gasteiger partial charge < -0.3 is 25.7 Å². The lowest BCUT2D eigenvalue weighted by atomic mass is 9.80. The Morgan fingerprint density at radius 1 is 1.09 bits per heavy atom. The average Bonchev–Trinajstić information content (AvgIpc) is 2.74. The maximum Gasteiger partial charge on any atom is 0.336 e. The number of phenols is 1. The van der Waals surface area contributed by atoms with Gasteiger partial charge in [0.15, 0.2) is 0 Å². The van der Waals surface area contributed by atoms with Crippen LogP contribution in [0.1, 0.15) is 30.9 Å². The number of benzene rings is 2. The van der Waals surface area contributed by atoms with E-state index in [4.69, 9.17) is 4.74 Å². The number of rotatable bonds is 7. The van der Waals surface area contributed by atoms with Crippen LogP contribution in [0, 0.1) is 10.1 Å². The minimum absolute atomic E-state index is 0. The fourth-order valence-electron chi connectivity index (χ4n) is 3.70. The summed E-state index contributed by atoms with van der Waals surface area (Å²) in [6.07, 6.45) is 0.397. The van der Waals surface area contributed by atoms with Crippen LogP contribution in [0.5, 0.6) is 5.75 Å². The lowest BCUT2D eigenvalue weighted by Crippen LogP contribution is -2.32. The fraction of sp³-hybridized carbons (Fsp3) is 0.217. The number of carboxylic acid groups (broad SMARTS) is 1. The molecule has 0 fully saturated rings. The van der Waals surface area contributed by atoms with E-state index in [-0.39, 0.29) is 34.7 Å². The lowest BCUT2D eigenvalue weighted by Gasteiger charge is -2.29. The SMILES string of the molecule is CC1=C(C(=O)O)C(c2cccc([N+](=O)[O-])c2)C(C(=O)OCCc2ccc(O)cc2)=C(C)N1.O. The van der Waals surface area contributed by atoms with Crippen LogP contribution in [0.15, 0.2) is 71.1 Å². The fourth-order valence-corrected chi connectivity index (χ4v) is 3.70. The Morgan fingerprint density at radius 3 is 2.33 bits per heavy atom. The largest absolute Gasteiger partial charge is 0.508 e. The minimum Gasteiger partial charge on any atom is -0.508 e. The van der Waals surface area contributed by atoms with Gasteiger partial charge in [0.25, 0.3) is 5.69 Å². The first-order valence-corrected chi connectivity index (χ1v) is 9.80. The number of carbonyl (C=O) groups is 2. The van der Waals surface area contributed by atoms with Crippen molar-refractivity contribution in [3.05, 3.63) is 92.3 Å². The number of non-ortho nitro benzene ring substituents is 1. The number of phenolic OH excluding ortho intramolecular Hbond substituents is 1. The molecule has 0 saturated heterocycles. The molecule has 0 spiro atoms. The number of carboxylic acids is 1. The van der Waals surface area contributed by atoms with Gasteiger partial charge in [0.2, 0.25) is 0 Å². The molecule has 10 nitrogen and oxygen atoms in total. The Balaban J connectivity index is 0.00000385. The summed E-state index contributed by atoms with van der Waals surface area (Å²) in [4.78, 5) is 35.7. The van der Waals surface area contributed by atoms with Crippen LogP contribution in [0.3, 0.4) is 0 Å². The molecule has 1 aliphatic rings. The third-order valence-electron chi connectivity index (χ3n) is 5.19. The molecule has 174 valence electrons. The number of nitro benzene ring substituents is 1. The third-order valence-corrected chi connectivity index (χ3v) is 5.19. The van der Waals surface area contributed by atoms with Gasteiger partial charge in [0.1, 0.15) is 5.75 Å². The van der Waals surface area contributed by atoms with Crippen LogP contribution < -0.4 is 5.32 Å². The van der Waals surface area contributed by atoms with E-state index in [1.54, 1.807) is 32.0 Å². The summed E-state index contributed by atoms with van der Waals surface area (Å²) < 4.78 is 5.43. The second kappa shape index (κ2) is 10.4. The van der Waals surface area contributed by atoms with E-state index in [0.29, 0.717) is 23.4 Å². The van der Waals surface area contributed by atoms with Crippen molar-refractivity contribution in [3.8, 4) is 5.75 Å². The van der Waals surface area contributed by atoms with Crippen LogP contribution in [-0.2, 0) is 20.7 Å². The number of nitrogens with zero attached hydrogens (tertiary/aromatic N) is 1. The van der Waals surface area contributed by atoms with Crippen molar-refractivity contribution >= 4 is 17.6 Å². The molecule has 1 atom stereocenters. The highest BCUT2D eigenvalue weighted by Gasteiger charge is 2.37. The van der Waals surface area contributed by atoms with Crippen molar-refractivity contribution in [2.45, 2.75) is 26.2 Å². The van der Waals surface area contributed by atoms with E-state index in [1.165, 1.54) is 30.3 Å². The van der Waals surface area contributed by atoms with Crippen LogP contribution in [-0.4, -0.2) is 39.2 Å². The number of hydrogen-bond acceptors (Lipinski definition) is 7. The number of esters is 1. The first-order chi connectivity index (χ1) is 15.2. The van der Waals surface area contributed by atoms with Gasteiger partial charge in [-0.05, 0) is 37.1 Å². The number of aromatic hydroxyl groups is 1. The molecule has 0 radical (unpaired) electrons. The Kier molecular flexibility index (Phi) is 7.92. The number of carbonyl (C=O) groups excluding carboxylic acids is 1. The monoisotopic (exact) mass is 456 g/mol. The van der Waals surface area contributed by atoms with Crippen molar-refractivity contribution < 1.29 is 34.9 Å². The lowest BCUT2D eigenvalue weighted by molar-refractivity contribution is -0.384. The summed E-state index contributed by atoms with van der Waals surface area (Å²) in [5.41, 5.74) is 1.70. The molecule has 3 rings (SSSR count). The number of ether oxygens (including phenoxy) is 1. The molecule has 1 aliphatic heterocycles. The third kappa shape index (κ3) is 5.55. The molecule has 0 bridgehead atoms. The zero-order valence-corrected chi connectivity index (χ0v) is 18.0. The topological polar surface area (TPSA) is 170 Å². The van der Waals surface area contributed by atoms with Crippen LogP contribution in [0.25, 0.3) is 0 Å². The van der Waals surface area contributed by atoms with E-state index in [0.717, 1.165) is 5.56 Å². The van der Waals surface area contributed by atoms with Crippen molar-refractivity contribution in [1.29, 1.82) is 0 Å². The molecule has 2 aromatic rings. The second-order valence-electron chi connectivity index (χ2n) is 7.34. The molecule has 0 saturated carbocycles. The zero-order valence-electron chi connectivity index (χ0n) is 18.0. The Morgan fingerprint density at radius 2 is 1.73 bits per heavy atom. The van der Waals surface area contributed by atoms with E-state index in [2.05, 4.69) is 5.32 Å². The van der Waals surface area contributed by atoms with Gasteiger partial charge in [-0.25, -0.2) is 9.59 Å². The van der Waals surface area contributed by atoms with Crippen LogP contribution in [0.2, 0.25) is 0 Å². The molecule has 0 amide bonds. The number of dihydropyridines is 1. The maximum absolute atomic E-state index is 13.0. The predicted molar refractivity (Wildman–Crippen MR) is 118 cm³/mol. The molecule has 2 aromatic carbocycles. The first-order valence-electron chi connectivity index (χ1n) is 9.80. The van der Waals surface area contributed by atoms with E-state index < -0.39 is 22.8 Å². The number of nitro groups is 1. The summed E-state index contributed by atoms with van der Waals surface area (Å²) in [5.74, 6) is -2.86. The highest BCUT2D eigenvalue weighted by Crippen LogP contribution is 2.39. The molecular weight excluding hydrogens is 432 g/mol. The number of allylic oxidation sites excluding steroid dienone is 2. The molecule has 0 aliphatic carbocycles. The van der Waals surface area contributed by atoms with Gasteiger partial charge in [0.05, 0.1) is 28.6 Å². The number of aliphatic carboxylic acids is 1. The summed E-state index contributed by atoms with van der Waals surface area (Å²) in [6.45, 7) is 3.24. The van der Waals surface area contributed by atoms with Crippen molar-refractivity contribution in [1.82, 2.24) is 5.32 Å². The molecular formula is C23H24N2O8. The van der Waals surface area contributed by atoms with E-state index in [9.17, 15) is 29.9 Å². The molecule has 10 heteroatoms. The molecule has 5 N–H and O–H groups in total. The normalized spacial score (nSPS) is 15.4. The number of nitrogens with one attached hydrogen (secondary N) is 1. The number of hydrogen-bond donors (Lipinski definition) is 3. The average molecular weight is 456 g/mol. The Labute approximate surface area is 189 Å². The standard InChI is InChI=1S/C23H22N2O7.H2O/c1-13-19(22(27)28)21(16-4-3-5-17(12-16)25(30)31)20(14(2)24-13)23(29)32-11-10-15-6-8-18(26)9-7-15;/h3-9,12,21,24,26H,10-11H2,1-2H3,(H,27,28);1H2. The van der Waals surface area contributed by atoms with Gasteiger partial charge in [-0.2, -0.15) is 0 Å². The van der Waals surface area contributed by atoms with Crippen LogP contribution in [0.4, 0.5) is 5.69 Å². The smallest absolute Gasteiger partial charge is 0.336 e. The second-order valence-corrected chi connectivity index (χ2v) is 7.34. The van der Waals surface area contributed by atoms with Gasteiger partial charge in [-0.1, -0.05) is 24.3 Å². The van der Waals surface area contributed by atoms with Gasteiger partial charge >= 0.3 is 11.9 Å². The van der Waals surface area contributed by atoms with Crippen LogP contribution >= 0.6 is 0 Å². The molecule has 33 heavy (non-hydrogen) atoms. The predicted octanol–water partition coefficient (Wildman–Crippen LogP) is 2.58. The van der Waals surface area contributed by atoms with E-state index >= 15 is 0 Å². The van der Waals surface area contributed by atoms with Crippen molar-refractivity contribution in [2.24, 2.45) is 0 Å². The van der Waals surface area contributed by atoms with Crippen molar-refractivity contribution in [2.75, 3.05) is 6.61 Å². The van der Waals surface area contributed by atoms with Gasteiger partial charge in [-0.3, -0.25) is 10.1 Å². The van der Waals surface area contributed by atoms with Gasteiger partial charge in [0, 0.05) is 29.9 Å². The maximum atomic E-state index is 13.0. The first kappa shape index (κ1) is 25.1. The molecule has 1 heterocycles. The summed E-state index contributed by atoms with van der Waals surface area (Å²) in [5, 5.41) is 33.3. The highest BCUT2D eigenvalue weighted by atomic mass is 16.6. The zero-order chi connectivity index (χ0) is 23.4. The Bertz CT molecular complexity index is 1140. The van der Waals surface area contributed by atoms with Gasteiger partial charge in [-0.15, -0.1) is 0 Å². The molecule has 0 aromatic heterocycles. The summed E-state index contributed by atoms with van der Waals surface area (Å²) in [6, 6.07) is 12.0.